The zero-order chi connectivity index (χ0) is 14.4. The van der Waals surface area contributed by atoms with Crippen molar-refractivity contribution < 1.29 is 4.39 Å². The van der Waals surface area contributed by atoms with Crippen LogP contribution in [0.4, 0.5) is 4.39 Å². The zero-order valence-electron chi connectivity index (χ0n) is 10.5. The largest absolute Gasteiger partial charge is 0.246 e. The summed E-state index contributed by atoms with van der Waals surface area (Å²) in [4.78, 5) is 13.7. The Hall–Kier alpha value is -1.11. The van der Waals surface area contributed by atoms with Crippen LogP contribution in [0.1, 0.15) is 10.7 Å². The van der Waals surface area contributed by atoms with Crippen LogP contribution in [0.2, 0.25) is 5.15 Å². The Balaban J connectivity index is 2.32. The molecule has 0 atom stereocenters. The quantitative estimate of drug-likeness (QED) is 0.569. The van der Waals surface area contributed by atoms with E-state index in [-0.39, 0.29) is 10.7 Å². The average molecular weight is 373 g/mol. The molecule has 0 saturated carbocycles. The van der Waals surface area contributed by atoms with Gasteiger partial charge >= 0.3 is 0 Å². The van der Waals surface area contributed by atoms with E-state index in [0.717, 1.165) is 15.6 Å². The van der Waals surface area contributed by atoms with Gasteiger partial charge < -0.3 is 0 Å². The minimum atomic E-state index is -0.432. The van der Waals surface area contributed by atoms with Crippen LogP contribution in [-0.2, 0) is 0 Å². The molecule has 3 nitrogen and oxygen atoms in total. The molecular weight excluding hydrogens is 365 g/mol. The van der Waals surface area contributed by atoms with Gasteiger partial charge in [0.2, 0.25) is 0 Å². The summed E-state index contributed by atoms with van der Waals surface area (Å²) in [5.74, 6) is -0.0226. The first-order valence-corrected chi connectivity index (χ1v) is 7.71. The first kappa shape index (κ1) is 13.9. The van der Waals surface area contributed by atoms with Crippen molar-refractivity contribution in [2.75, 3.05) is 0 Å². The highest BCUT2D eigenvalue weighted by Crippen LogP contribution is 2.32. The maximum atomic E-state index is 14.0. The van der Waals surface area contributed by atoms with E-state index in [0.29, 0.717) is 15.7 Å². The summed E-state index contributed by atoms with van der Waals surface area (Å²) in [6, 6.07) is 3.07. The molecule has 3 aromatic rings. The van der Waals surface area contributed by atoms with E-state index >= 15 is 0 Å². The molecule has 0 aliphatic heterocycles. The summed E-state index contributed by atoms with van der Waals surface area (Å²) in [5, 5.41) is 1.63. The average Bonchev–Trinajstić information content (AvgIpc) is 2.69. The van der Waals surface area contributed by atoms with Crippen LogP contribution in [0, 0.1) is 19.7 Å². The van der Waals surface area contributed by atoms with Crippen LogP contribution in [0.3, 0.4) is 0 Å². The standard InChI is InChI=1S/C13H8BrClFN3S/c1-5-11(20-6(2)17-5)13-18-10-8(12(15)19-13)3-7(14)4-9(10)16/h3-4H,1-2H3. The molecule has 0 fully saturated rings. The highest BCUT2D eigenvalue weighted by molar-refractivity contribution is 9.10. The molecule has 0 spiro atoms. The summed E-state index contributed by atoms with van der Waals surface area (Å²) < 4.78 is 14.6. The second-order valence-corrected chi connectivity index (χ2v) is 6.75. The summed E-state index contributed by atoms with van der Waals surface area (Å²) in [6.07, 6.45) is 0. The SMILES string of the molecule is Cc1nc(C)c(-c2nc(Cl)c3cc(Br)cc(F)c3n2)s1. The maximum Gasteiger partial charge on any atom is 0.173 e. The molecule has 0 unspecified atom stereocenters. The van der Waals surface area contributed by atoms with Gasteiger partial charge in [-0.1, -0.05) is 27.5 Å². The molecular formula is C13H8BrClFN3S. The number of aryl methyl sites for hydroxylation is 2. The Morgan fingerprint density at radius 3 is 2.60 bits per heavy atom. The van der Waals surface area contributed by atoms with Gasteiger partial charge in [-0.05, 0) is 26.0 Å². The molecule has 0 N–H and O–H groups in total. The van der Waals surface area contributed by atoms with Crippen molar-refractivity contribution in [2.24, 2.45) is 0 Å². The lowest BCUT2D eigenvalue weighted by atomic mass is 10.2. The molecule has 7 heteroatoms. The molecule has 0 bridgehead atoms. The number of rotatable bonds is 1. The van der Waals surface area contributed by atoms with E-state index in [1.165, 1.54) is 17.4 Å². The van der Waals surface area contributed by atoms with Gasteiger partial charge in [-0.15, -0.1) is 11.3 Å². The van der Waals surface area contributed by atoms with Crippen molar-refractivity contribution in [3.05, 3.63) is 38.3 Å². The normalized spacial score (nSPS) is 11.2. The van der Waals surface area contributed by atoms with Crippen molar-refractivity contribution in [2.45, 2.75) is 13.8 Å². The summed E-state index contributed by atoms with van der Waals surface area (Å²) >= 11 is 10.9. The van der Waals surface area contributed by atoms with Crippen LogP contribution in [-0.4, -0.2) is 15.0 Å². The van der Waals surface area contributed by atoms with Crippen molar-refractivity contribution in [3.63, 3.8) is 0 Å². The fourth-order valence-corrected chi connectivity index (χ4v) is 3.47. The molecule has 0 aliphatic rings. The van der Waals surface area contributed by atoms with Crippen molar-refractivity contribution in [1.82, 2.24) is 15.0 Å². The summed E-state index contributed by atoms with van der Waals surface area (Å²) in [7, 11) is 0. The molecule has 20 heavy (non-hydrogen) atoms. The molecule has 2 aromatic heterocycles. The first-order valence-electron chi connectivity index (χ1n) is 5.72. The van der Waals surface area contributed by atoms with E-state index in [1.54, 1.807) is 6.07 Å². The van der Waals surface area contributed by atoms with Crippen molar-refractivity contribution in [3.8, 4) is 10.7 Å². The van der Waals surface area contributed by atoms with Gasteiger partial charge in [-0.2, -0.15) is 0 Å². The van der Waals surface area contributed by atoms with Crippen LogP contribution in [0.25, 0.3) is 21.6 Å². The summed E-state index contributed by atoms with van der Waals surface area (Å²) in [6.45, 7) is 3.78. The number of fused-ring (bicyclic) bond motifs is 1. The van der Waals surface area contributed by atoms with Gasteiger partial charge in [0.1, 0.15) is 10.7 Å². The van der Waals surface area contributed by atoms with Gasteiger partial charge in [-0.25, -0.2) is 19.3 Å². The molecule has 0 radical (unpaired) electrons. The zero-order valence-corrected chi connectivity index (χ0v) is 13.7. The van der Waals surface area contributed by atoms with Gasteiger partial charge in [0, 0.05) is 9.86 Å². The minimum absolute atomic E-state index is 0.216. The summed E-state index contributed by atoms with van der Waals surface area (Å²) in [5.41, 5.74) is 1.04. The molecule has 102 valence electrons. The maximum absolute atomic E-state index is 14.0. The second kappa shape index (κ2) is 5.02. The molecule has 2 heterocycles. The molecule has 0 amide bonds. The molecule has 3 rings (SSSR count). The van der Waals surface area contributed by atoms with Crippen molar-refractivity contribution >= 4 is 49.8 Å². The van der Waals surface area contributed by atoms with E-state index in [4.69, 9.17) is 11.6 Å². The number of hydrogen-bond acceptors (Lipinski definition) is 4. The fraction of sp³-hybridized carbons (Fsp3) is 0.154. The topological polar surface area (TPSA) is 38.7 Å². The first-order chi connectivity index (χ1) is 9.45. The lowest BCUT2D eigenvalue weighted by molar-refractivity contribution is 0.636. The minimum Gasteiger partial charge on any atom is -0.246 e. The fourth-order valence-electron chi connectivity index (χ4n) is 1.96. The van der Waals surface area contributed by atoms with E-state index in [1.807, 2.05) is 13.8 Å². The molecule has 0 saturated heterocycles. The van der Waals surface area contributed by atoms with Crippen LogP contribution in [0.5, 0.6) is 0 Å². The third-order valence-electron chi connectivity index (χ3n) is 2.78. The van der Waals surface area contributed by atoms with Gasteiger partial charge in [-0.3, -0.25) is 0 Å². The predicted octanol–water partition coefficient (Wildman–Crippen LogP) is 4.93. The van der Waals surface area contributed by atoms with Crippen LogP contribution >= 0.6 is 38.9 Å². The Bertz CT molecular complexity index is 834. The van der Waals surface area contributed by atoms with Gasteiger partial charge in [0.15, 0.2) is 11.6 Å². The number of nitrogens with zero attached hydrogens (tertiary/aromatic N) is 3. The predicted molar refractivity (Wildman–Crippen MR) is 82.8 cm³/mol. The Labute approximate surface area is 132 Å². The number of thiazole rings is 1. The smallest absolute Gasteiger partial charge is 0.173 e. The third kappa shape index (κ3) is 2.32. The van der Waals surface area contributed by atoms with E-state index in [9.17, 15) is 4.39 Å². The lowest BCUT2D eigenvalue weighted by Crippen LogP contribution is -1.94. The van der Waals surface area contributed by atoms with Crippen LogP contribution < -0.4 is 0 Å². The number of halogens is 3. The molecule has 0 aliphatic carbocycles. The van der Waals surface area contributed by atoms with E-state index < -0.39 is 5.82 Å². The number of benzene rings is 1. The third-order valence-corrected chi connectivity index (χ3v) is 4.59. The van der Waals surface area contributed by atoms with Crippen molar-refractivity contribution in [1.29, 1.82) is 0 Å². The van der Waals surface area contributed by atoms with E-state index in [2.05, 4.69) is 30.9 Å². The Morgan fingerprint density at radius 1 is 1.20 bits per heavy atom. The highest BCUT2D eigenvalue weighted by Gasteiger charge is 2.16. The number of aromatic nitrogens is 3. The van der Waals surface area contributed by atoms with Gasteiger partial charge in [0.25, 0.3) is 0 Å². The Morgan fingerprint density at radius 2 is 1.95 bits per heavy atom. The van der Waals surface area contributed by atoms with Crippen LogP contribution in [0.15, 0.2) is 16.6 Å². The monoisotopic (exact) mass is 371 g/mol. The highest BCUT2D eigenvalue weighted by atomic mass is 79.9. The van der Waals surface area contributed by atoms with Gasteiger partial charge in [0.05, 0.1) is 15.6 Å². The second-order valence-electron chi connectivity index (χ2n) is 4.27. The lowest BCUT2D eigenvalue weighted by Gasteiger charge is -2.05. The molecule has 1 aromatic carbocycles. The Kier molecular flexibility index (Phi) is 3.48. The number of hydrogen-bond donors (Lipinski definition) is 0.